The van der Waals surface area contributed by atoms with Crippen molar-refractivity contribution in [2.75, 3.05) is 13.2 Å². The molecule has 352 valence electrons. The Bertz CT molecular complexity index is 977. The minimum Gasteiger partial charge on any atom is -0.466 e. The highest BCUT2D eigenvalue weighted by Gasteiger charge is 2.20. The lowest BCUT2D eigenvalue weighted by Gasteiger charge is -2.22. The Morgan fingerprint density at radius 2 is 0.833 bits per heavy atom. The number of esters is 1. The number of ether oxygens (including phenoxy) is 1. The first kappa shape index (κ1) is 58.1. The summed E-state index contributed by atoms with van der Waals surface area (Å²) in [5.41, 5.74) is 0. The number of allylic oxidation sites excluding steroid dienone is 6. The Morgan fingerprint density at radius 3 is 1.32 bits per heavy atom. The first-order valence-corrected chi connectivity index (χ1v) is 26.2. The van der Waals surface area contributed by atoms with Crippen molar-refractivity contribution >= 4 is 11.9 Å². The van der Waals surface area contributed by atoms with E-state index in [9.17, 15) is 19.8 Å². The molecule has 0 aliphatic carbocycles. The molecule has 6 heteroatoms. The molecule has 0 heterocycles. The van der Waals surface area contributed by atoms with E-state index in [2.05, 4.69) is 55.6 Å². The summed E-state index contributed by atoms with van der Waals surface area (Å²) < 4.78 is 5.46. The summed E-state index contributed by atoms with van der Waals surface area (Å²) in [7, 11) is 0. The van der Waals surface area contributed by atoms with Crippen LogP contribution in [0.3, 0.4) is 0 Å². The first-order valence-electron chi connectivity index (χ1n) is 26.2. The predicted molar refractivity (Wildman–Crippen MR) is 259 cm³/mol. The van der Waals surface area contributed by atoms with E-state index in [0.717, 1.165) is 64.2 Å². The fourth-order valence-corrected chi connectivity index (χ4v) is 7.84. The molecule has 2 unspecified atom stereocenters. The molecule has 0 radical (unpaired) electrons. The van der Waals surface area contributed by atoms with Crippen LogP contribution in [0.2, 0.25) is 0 Å². The number of carbonyl (C=O) groups excluding carboxylic acids is 2. The van der Waals surface area contributed by atoms with E-state index in [1.807, 2.05) is 0 Å². The molecular weight excluding hydrogens is 743 g/mol. The first-order chi connectivity index (χ1) is 29.5. The van der Waals surface area contributed by atoms with E-state index in [4.69, 9.17) is 4.74 Å². The second kappa shape index (κ2) is 49.7. The van der Waals surface area contributed by atoms with E-state index in [1.165, 1.54) is 173 Å². The van der Waals surface area contributed by atoms with E-state index in [1.54, 1.807) is 0 Å². The third-order valence-corrected chi connectivity index (χ3v) is 11.9. The van der Waals surface area contributed by atoms with Gasteiger partial charge in [-0.15, -0.1) is 0 Å². The smallest absolute Gasteiger partial charge is 0.305 e. The van der Waals surface area contributed by atoms with E-state index < -0.39 is 12.1 Å². The number of carbonyl (C=O) groups is 2. The summed E-state index contributed by atoms with van der Waals surface area (Å²) in [6.45, 7) is 4.87. The van der Waals surface area contributed by atoms with Gasteiger partial charge in [0, 0.05) is 12.8 Å². The van der Waals surface area contributed by atoms with Crippen molar-refractivity contribution in [2.24, 2.45) is 0 Å². The normalized spacial score (nSPS) is 12.9. The summed E-state index contributed by atoms with van der Waals surface area (Å²) in [4.78, 5) is 24.4. The molecule has 0 spiro atoms. The molecule has 0 aliphatic rings. The predicted octanol–water partition coefficient (Wildman–Crippen LogP) is 15.7. The number of hydrogen-bond donors (Lipinski definition) is 3. The second-order valence-corrected chi connectivity index (χ2v) is 17.8. The average Bonchev–Trinajstić information content (AvgIpc) is 3.25. The minimum atomic E-state index is -0.670. The van der Waals surface area contributed by atoms with Crippen LogP contribution in [0.5, 0.6) is 0 Å². The standard InChI is InChI=1S/C54H101NO5/c1-3-5-7-9-11-13-14-15-16-18-22-25-28-32-36-40-44-48-54(59)60-49-45-41-37-33-29-26-23-20-17-19-21-24-27-31-35-39-43-47-53(58)55-51(50-56)52(57)46-42-38-34-30-12-10-8-6-4-2/h11,13,15-17,20,51-52,56-57H,3-10,12,14,18-19,21-50H2,1-2H3,(H,55,58)/b13-11-,16-15-,20-17-. The van der Waals surface area contributed by atoms with Gasteiger partial charge in [0.05, 0.1) is 25.4 Å². The van der Waals surface area contributed by atoms with Gasteiger partial charge >= 0.3 is 5.97 Å². The molecule has 0 rings (SSSR count). The number of unbranched alkanes of at least 4 members (excludes halogenated alkanes) is 31. The van der Waals surface area contributed by atoms with Crippen LogP contribution in [0.1, 0.15) is 271 Å². The van der Waals surface area contributed by atoms with Gasteiger partial charge in [0.15, 0.2) is 0 Å². The molecule has 6 nitrogen and oxygen atoms in total. The lowest BCUT2D eigenvalue weighted by Crippen LogP contribution is -2.45. The Balaban J connectivity index is 3.44. The molecule has 0 saturated heterocycles. The van der Waals surface area contributed by atoms with Crippen molar-refractivity contribution in [1.29, 1.82) is 0 Å². The fraction of sp³-hybridized carbons (Fsp3) is 0.852. The SMILES string of the molecule is CCCCC/C=C\C/C=C\CCCCCCCCCC(=O)OCCCCCCCC/C=C\CCCCCCCCCC(=O)NC(CO)C(O)CCCCCCCCCCC. The van der Waals surface area contributed by atoms with E-state index >= 15 is 0 Å². The highest BCUT2D eigenvalue weighted by Crippen LogP contribution is 2.15. The molecule has 0 fully saturated rings. The van der Waals surface area contributed by atoms with Gasteiger partial charge in [0.2, 0.25) is 5.91 Å². The molecule has 0 saturated carbocycles. The van der Waals surface area contributed by atoms with Crippen LogP contribution >= 0.6 is 0 Å². The van der Waals surface area contributed by atoms with Crippen molar-refractivity contribution < 1.29 is 24.5 Å². The summed E-state index contributed by atoms with van der Waals surface area (Å²) in [5.74, 6) is -0.0609. The third kappa shape index (κ3) is 45.6. The van der Waals surface area contributed by atoms with E-state index in [0.29, 0.717) is 25.9 Å². The highest BCUT2D eigenvalue weighted by molar-refractivity contribution is 5.76. The number of nitrogens with one attached hydrogen (secondary N) is 1. The maximum atomic E-state index is 12.4. The molecular formula is C54H101NO5. The fourth-order valence-electron chi connectivity index (χ4n) is 7.84. The Labute approximate surface area is 373 Å². The van der Waals surface area contributed by atoms with Gasteiger partial charge in [-0.05, 0) is 83.5 Å². The van der Waals surface area contributed by atoms with Gasteiger partial charge in [-0.2, -0.15) is 0 Å². The van der Waals surface area contributed by atoms with Crippen molar-refractivity contribution in [3.05, 3.63) is 36.5 Å². The summed E-state index contributed by atoms with van der Waals surface area (Å²) in [6, 6.07) is -0.549. The Hall–Kier alpha value is -1.92. The molecule has 0 aliphatic heterocycles. The molecule has 2 atom stereocenters. The van der Waals surface area contributed by atoms with Crippen molar-refractivity contribution in [3.63, 3.8) is 0 Å². The maximum absolute atomic E-state index is 12.4. The molecule has 0 aromatic carbocycles. The molecule has 0 aromatic heterocycles. The zero-order valence-corrected chi connectivity index (χ0v) is 39.9. The Kier molecular flexibility index (Phi) is 48.1. The third-order valence-electron chi connectivity index (χ3n) is 11.9. The average molecular weight is 844 g/mol. The van der Waals surface area contributed by atoms with Crippen LogP contribution < -0.4 is 5.32 Å². The molecule has 0 bridgehead atoms. The second-order valence-electron chi connectivity index (χ2n) is 17.8. The molecule has 0 aromatic rings. The lowest BCUT2D eigenvalue weighted by atomic mass is 10.0. The largest absolute Gasteiger partial charge is 0.466 e. The van der Waals surface area contributed by atoms with Gasteiger partial charge in [-0.25, -0.2) is 0 Å². The van der Waals surface area contributed by atoms with Gasteiger partial charge < -0.3 is 20.3 Å². The summed E-state index contributed by atoms with van der Waals surface area (Å²) in [6.07, 6.45) is 59.8. The van der Waals surface area contributed by atoms with Crippen molar-refractivity contribution in [2.45, 2.75) is 283 Å². The monoisotopic (exact) mass is 844 g/mol. The zero-order chi connectivity index (χ0) is 43.7. The number of amides is 1. The number of aliphatic hydroxyl groups excluding tert-OH is 2. The van der Waals surface area contributed by atoms with Crippen LogP contribution in [0.15, 0.2) is 36.5 Å². The quantitative estimate of drug-likeness (QED) is 0.0322. The van der Waals surface area contributed by atoms with Crippen LogP contribution in [0.25, 0.3) is 0 Å². The van der Waals surface area contributed by atoms with Gasteiger partial charge in [0.25, 0.3) is 0 Å². The highest BCUT2D eigenvalue weighted by atomic mass is 16.5. The molecule has 3 N–H and O–H groups in total. The maximum Gasteiger partial charge on any atom is 0.305 e. The van der Waals surface area contributed by atoms with Gasteiger partial charge in [-0.3, -0.25) is 9.59 Å². The topological polar surface area (TPSA) is 95.9 Å². The minimum absolute atomic E-state index is 0.0103. The molecule has 1 amide bonds. The van der Waals surface area contributed by atoms with Crippen molar-refractivity contribution in [1.82, 2.24) is 5.32 Å². The number of rotatable bonds is 48. The van der Waals surface area contributed by atoms with Crippen LogP contribution in [-0.4, -0.2) is 47.4 Å². The molecule has 60 heavy (non-hydrogen) atoms. The lowest BCUT2D eigenvalue weighted by molar-refractivity contribution is -0.143. The van der Waals surface area contributed by atoms with Crippen LogP contribution in [0, 0.1) is 0 Å². The Morgan fingerprint density at radius 1 is 0.467 bits per heavy atom. The van der Waals surface area contributed by atoms with E-state index in [-0.39, 0.29) is 18.5 Å². The number of aliphatic hydroxyl groups is 2. The van der Waals surface area contributed by atoms with Crippen molar-refractivity contribution in [3.8, 4) is 0 Å². The zero-order valence-electron chi connectivity index (χ0n) is 39.9. The van der Waals surface area contributed by atoms with Gasteiger partial charge in [-0.1, -0.05) is 211 Å². The van der Waals surface area contributed by atoms with Crippen LogP contribution in [0.4, 0.5) is 0 Å². The summed E-state index contributed by atoms with van der Waals surface area (Å²) >= 11 is 0. The number of hydrogen-bond acceptors (Lipinski definition) is 5. The van der Waals surface area contributed by atoms with Crippen LogP contribution in [-0.2, 0) is 14.3 Å². The summed E-state index contributed by atoms with van der Waals surface area (Å²) in [5, 5.41) is 23.1. The van der Waals surface area contributed by atoms with Gasteiger partial charge in [0.1, 0.15) is 0 Å².